The van der Waals surface area contributed by atoms with Gasteiger partial charge in [0.15, 0.2) is 0 Å². The van der Waals surface area contributed by atoms with Gasteiger partial charge in [0.05, 0.1) is 6.20 Å². The van der Waals surface area contributed by atoms with Crippen molar-refractivity contribution in [2.75, 3.05) is 0 Å². The third-order valence-corrected chi connectivity index (χ3v) is 2.37. The first-order chi connectivity index (χ1) is 6.50. The van der Waals surface area contributed by atoms with Crippen LogP contribution in [0.25, 0.3) is 0 Å². The zero-order valence-electron chi connectivity index (χ0n) is 7.60. The Bertz CT molecular complexity index is 306. The molecule has 0 saturated carbocycles. The first-order valence-corrected chi connectivity index (χ1v) is 5.30. The van der Waals surface area contributed by atoms with E-state index in [1.165, 1.54) is 6.20 Å². The Kier molecular flexibility index (Phi) is 3.58. The molecule has 0 aliphatic carbocycles. The summed E-state index contributed by atoms with van der Waals surface area (Å²) in [4.78, 5) is 0. The smallest absolute Gasteiger partial charge is 0.260 e. The highest BCUT2D eigenvalue weighted by Gasteiger charge is 2.37. The van der Waals surface area contributed by atoms with E-state index in [4.69, 9.17) is 0 Å². The fraction of sp³-hybridized carbons (Fsp3) is 0.625. The van der Waals surface area contributed by atoms with Crippen LogP contribution in [0.2, 0.25) is 0 Å². The lowest BCUT2D eigenvalue weighted by atomic mass is 10.2. The minimum Gasteiger partial charge on any atom is -0.260 e. The van der Waals surface area contributed by atoms with Gasteiger partial charge in [-0.1, -0.05) is 22.9 Å². The van der Waals surface area contributed by atoms with Crippen LogP contribution in [0.5, 0.6) is 0 Å². The number of hydrogen-bond donors (Lipinski definition) is 0. The Morgan fingerprint density at radius 1 is 1.50 bits per heavy atom. The molecule has 0 aliphatic heterocycles. The molecule has 0 bridgehead atoms. The van der Waals surface area contributed by atoms with Crippen molar-refractivity contribution < 1.29 is 13.2 Å². The Labute approximate surface area is 88.2 Å². The summed E-state index contributed by atoms with van der Waals surface area (Å²) in [7, 11) is 0. The summed E-state index contributed by atoms with van der Waals surface area (Å²) in [6.45, 7) is 2.11. The quantitative estimate of drug-likeness (QED) is 0.772. The minimum atomic E-state index is -4.32. The zero-order chi connectivity index (χ0) is 10.8. The Hall–Kier alpha value is -0.520. The van der Waals surface area contributed by atoms with E-state index >= 15 is 0 Å². The highest BCUT2D eigenvalue weighted by molar-refractivity contribution is 9.08. The van der Waals surface area contributed by atoms with E-state index in [9.17, 15) is 13.2 Å². The van der Waals surface area contributed by atoms with Crippen molar-refractivity contribution in [2.45, 2.75) is 31.4 Å². The summed E-state index contributed by atoms with van der Waals surface area (Å²) in [5.74, 6) is 0. The first kappa shape index (κ1) is 11.6. The molecule has 0 unspecified atom stereocenters. The van der Waals surface area contributed by atoms with E-state index in [0.29, 0.717) is 13.0 Å². The van der Waals surface area contributed by atoms with Crippen molar-refractivity contribution >= 4 is 15.9 Å². The highest BCUT2D eigenvalue weighted by Crippen LogP contribution is 2.32. The van der Waals surface area contributed by atoms with Crippen LogP contribution in [0, 0.1) is 0 Å². The van der Waals surface area contributed by atoms with Gasteiger partial charge in [-0.2, -0.15) is 18.3 Å². The van der Waals surface area contributed by atoms with E-state index in [1.54, 1.807) is 0 Å². The maximum Gasteiger partial charge on any atom is 0.433 e. The molecular formula is C8H10BrF3N2. The number of hydrogen-bond acceptors (Lipinski definition) is 1. The largest absolute Gasteiger partial charge is 0.433 e. The second kappa shape index (κ2) is 4.33. The van der Waals surface area contributed by atoms with E-state index in [-0.39, 0.29) is 10.9 Å². The van der Waals surface area contributed by atoms with Gasteiger partial charge in [-0.3, -0.25) is 4.68 Å². The van der Waals surface area contributed by atoms with Gasteiger partial charge in [-0.05, 0) is 6.42 Å². The van der Waals surface area contributed by atoms with Crippen LogP contribution in [0.1, 0.15) is 24.6 Å². The number of alkyl halides is 4. The van der Waals surface area contributed by atoms with E-state index < -0.39 is 11.9 Å². The maximum atomic E-state index is 12.6. The molecule has 1 heterocycles. The molecule has 1 rings (SSSR count). The summed E-state index contributed by atoms with van der Waals surface area (Å²) < 4.78 is 38.7. The standard InChI is InChI=1S/C8H10BrF3N2/c1-2-3-14-7(8(10,11)12)6(4-9)5-13-14/h5H,2-4H2,1H3. The lowest BCUT2D eigenvalue weighted by molar-refractivity contribution is -0.144. The zero-order valence-corrected chi connectivity index (χ0v) is 9.19. The molecule has 0 aliphatic rings. The predicted molar refractivity (Wildman–Crippen MR) is 50.2 cm³/mol. The van der Waals surface area contributed by atoms with Crippen LogP contribution in [-0.2, 0) is 18.1 Å². The molecule has 0 fully saturated rings. The normalized spacial score (nSPS) is 12.1. The Balaban J connectivity index is 3.13. The van der Waals surface area contributed by atoms with E-state index in [1.807, 2.05) is 6.92 Å². The molecule has 2 nitrogen and oxygen atoms in total. The van der Waals surface area contributed by atoms with E-state index in [2.05, 4.69) is 21.0 Å². The summed E-state index contributed by atoms with van der Waals surface area (Å²) in [5, 5.41) is 3.88. The van der Waals surface area contributed by atoms with Gasteiger partial charge in [-0.15, -0.1) is 0 Å². The third-order valence-electron chi connectivity index (χ3n) is 1.76. The van der Waals surface area contributed by atoms with E-state index in [0.717, 1.165) is 4.68 Å². The average Bonchev–Trinajstić information content (AvgIpc) is 2.47. The summed E-state index contributed by atoms with van der Waals surface area (Å²) in [5.41, 5.74) is -0.456. The fourth-order valence-corrected chi connectivity index (χ4v) is 1.64. The third kappa shape index (κ3) is 2.29. The topological polar surface area (TPSA) is 17.8 Å². The second-order valence-electron chi connectivity index (χ2n) is 2.87. The Morgan fingerprint density at radius 2 is 2.14 bits per heavy atom. The van der Waals surface area contributed by atoms with Crippen LogP contribution < -0.4 is 0 Å². The molecule has 0 atom stereocenters. The molecule has 80 valence electrons. The minimum absolute atomic E-state index is 0.172. The van der Waals surface area contributed by atoms with Crippen molar-refractivity contribution in [1.82, 2.24) is 9.78 Å². The molecule has 0 amide bonds. The number of halogens is 4. The SMILES string of the molecule is CCCn1ncc(CBr)c1C(F)(F)F. The van der Waals surface area contributed by atoms with Gasteiger partial charge in [-0.25, -0.2) is 0 Å². The van der Waals surface area contributed by atoms with Gasteiger partial charge >= 0.3 is 6.18 Å². The molecule has 6 heteroatoms. The molecule has 0 spiro atoms. The van der Waals surface area contributed by atoms with Gasteiger partial charge in [0.2, 0.25) is 0 Å². The fourth-order valence-electron chi connectivity index (χ4n) is 1.23. The van der Waals surface area contributed by atoms with Crippen LogP contribution in [-0.4, -0.2) is 9.78 Å². The van der Waals surface area contributed by atoms with Crippen molar-refractivity contribution in [3.63, 3.8) is 0 Å². The average molecular weight is 271 g/mol. The van der Waals surface area contributed by atoms with Gasteiger partial charge in [0.25, 0.3) is 0 Å². The molecule has 14 heavy (non-hydrogen) atoms. The monoisotopic (exact) mass is 270 g/mol. The number of nitrogens with zero attached hydrogens (tertiary/aromatic N) is 2. The van der Waals surface area contributed by atoms with Crippen LogP contribution in [0.4, 0.5) is 13.2 Å². The van der Waals surface area contributed by atoms with Crippen molar-refractivity contribution in [2.24, 2.45) is 0 Å². The molecule has 0 saturated heterocycles. The van der Waals surface area contributed by atoms with Gasteiger partial charge in [0.1, 0.15) is 5.69 Å². The maximum absolute atomic E-state index is 12.6. The van der Waals surface area contributed by atoms with Gasteiger partial charge < -0.3 is 0 Å². The van der Waals surface area contributed by atoms with Crippen molar-refractivity contribution in [1.29, 1.82) is 0 Å². The van der Waals surface area contributed by atoms with Crippen LogP contribution in [0.15, 0.2) is 6.20 Å². The van der Waals surface area contributed by atoms with Gasteiger partial charge in [0, 0.05) is 17.4 Å². The first-order valence-electron chi connectivity index (χ1n) is 4.18. The summed E-state index contributed by atoms with van der Waals surface area (Å²) >= 11 is 3.01. The molecule has 0 N–H and O–H groups in total. The number of rotatable bonds is 3. The Morgan fingerprint density at radius 3 is 2.57 bits per heavy atom. The van der Waals surface area contributed by atoms with Crippen molar-refractivity contribution in [3.8, 4) is 0 Å². The lowest BCUT2D eigenvalue weighted by Crippen LogP contribution is -2.16. The van der Waals surface area contributed by atoms with Crippen LogP contribution in [0.3, 0.4) is 0 Å². The van der Waals surface area contributed by atoms with Crippen LogP contribution >= 0.6 is 15.9 Å². The lowest BCUT2D eigenvalue weighted by Gasteiger charge is -2.10. The molecular weight excluding hydrogens is 261 g/mol. The molecule has 0 aromatic carbocycles. The highest BCUT2D eigenvalue weighted by atomic mass is 79.9. The molecule has 1 aromatic rings. The predicted octanol–water partition coefficient (Wildman–Crippen LogP) is 3.21. The summed E-state index contributed by atoms with van der Waals surface area (Å²) in [6, 6.07) is 0. The number of aromatic nitrogens is 2. The number of aryl methyl sites for hydroxylation is 1. The molecule has 0 radical (unpaired) electrons. The second-order valence-corrected chi connectivity index (χ2v) is 3.43. The summed E-state index contributed by atoms with van der Waals surface area (Å²) in [6.07, 6.45) is -2.44. The molecule has 1 aromatic heterocycles. The van der Waals surface area contributed by atoms with Crippen molar-refractivity contribution in [3.05, 3.63) is 17.5 Å².